The molecule has 98 valence electrons. The number of halogens is 4. The molecule has 4 rings (SSSR count). The van der Waals surface area contributed by atoms with Crippen LogP contribution in [0.1, 0.15) is 0 Å². The maximum Gasteiger partial charge on any atom is 0.0491 e. The van der Waals surface area contributed by atoms with E-state index in [0.29, 0.717) is 20.1 Å². The molecular weight excluding hydrogens is 334 g/mol. The standard InChI is InChI=1S/C16H6Cl4/c17-11-3-1-7-13(19)5-10-12(18)4-2-8-14(20)6-9(11)15(7)16(8)10/h1-6H. The van der Waals surface area contributed by atoms with Crippen LogP contribution in [0.3, 0.4) is 0 Å². The first kappa shape index (κ1) is 12.8. The Morgan fingerprint density at radius 2 is 0.850 bits per heavy atom. The fourth-order valence-corrected chi connectivity index (χ4v) is 3.77. The highest BCUT2D eigenvalue weighted by Crippen LogP contribution is 2.45. The molecule has 0 aliphatic heterocycles. The first-order chi connectivity index (χ1) is 9.58. The van der Waals surface area contributed by atoms with Gasteiger partial charge < -0.3 is 0 Å². The Labute approximate surface area is 135 Å². The monoisotopic (exact) mass is 338 g/mol. The van der Waals surface area contributed by atoms with Gasteiger partial charge >= 0.3 is 0 Å². The molecule has 4 aromatic carbocycles. The average molecular weight is 340 g/mol. The van der Waals surface area contributed by atoms with E-state index >= 15 is 0 Å². The molecule has 0 N–H and O–H groups in total. The summed E-state index contributed by atoms with van der Waals surface area (Å²) in [5, 5.41) is 8.39. The summed E-state index contributed by atoms with van der Waals surface area (Å²) >= 11 is 25.4. The zero-order valence-corrected chi connectivity index (χ0v) is 13.0. The van der Waals surface area contributed by atoms with Crippen molar-refractivity contribution in [1.82, 2.24) is 0 Å². The molecule has 0 aliphatic carbocycles. The Kier molecular flexibility index (Phi) is 2.74. The third-order valence-corrected chi connectivity index (χ3v) is 4.98. The summed E-state index contributed by atoms with van der Waals surface area (Å²) in [6, 6.07) is 11.3. The van der Waals surface area contributed by atoms with Crippen molar-refractivity contribution < 1.29 is 0 Å². The second kappa shape index (κ2) is 4.29. The predicted octanol–water partition coefficient (Wildman–Crippen LogP) is 7.20. The largest absolute Gasteiger partial charge is 0.0837 e. The van der Waals surface area contributed by atoms with Gasteiger partial charge in [0.25, 0.3) is 0 Å². The van der Waals surface area contributed by atoms with Crippen molar-refractivity contribution in [1.29, 1.82) is 0 Å². The summed E-state index contributed by atoms with van der Waals surface area (Å²) in [5.74, 6) is 0. The highest BCUT2D eigenvalue weighted by atomic mass is 35.5. The average Bonchev–Trinajstić information content (AvgIpc) is 2.42. The third-order valence-electron chi connectivity index (χ3n) is 3.69. The predicted molar refractivity (Wildman–Crippen MR) is 90.2 cm³/mol. The molecular formula is C16H6Cl4. The van der Waals surface area contributed by atoms with Gasteiger partial charge in [0.1, 0.15) is 0 Å². The third kappa shape index (κ3) is 1.57. The molecule has 0 radical (unpaired) electrons. The van der Waals surface area contributed by atoms with Gasteiger partial charge in [0.15, 0.2) is 0 Å². The van der Waals surface area contributed by atoms with E-state index in [1.54, 1.807) is 0 Å². The van der Waals surface area contributed by atoms with Crippen molar-refractivity contribution in [3.63, 3.8) is 0 Å². The molecule has 4 heteroatoms. The molecule has 0 atom stereocenters. The molecule has 0 saturated carbocycles. The van der Waals surface area contributed by atoms with Gasteiger partial charge in [-0.25, -0.2) is 0 Å². The van der Waals surface area contributed by atoms with Crippen LogP contribution in [-0.2, 0) is 0 Å². The molecule has 0 amide bonds. The van der Waals surface area contributed by atoms with Crippen molar-refractivity contribution in [2.45, 2.75) is 0 Å². The minimum atomic E-state index is 0.657. The van der Waals surface area contributed by atoms with Crippen molar-refractivity contribution in [2.75, 3.05) is 0 Å². The highest BCUT2D eigenvalue weighted by Gasteiger charge is 2.16. The minimum absolute atomic E-state index is 0.657. The molecule has 0 nitrogen and oxygen atoms in total. The van der Waals surface area contributed by atoms with Crippen LogP contribution in [0.15, 0.2) is 36.4 Å². The maximum atomic E-state index is 6.39. The fraction of sp³-hybridized carbons (Fsp3) is 0. The maximum absolute atomic E-state index is 6.39. The Morgan fingerprint density at radius 1 is 0.450 bits per heavy atom. The fourth-order valence-electron chi connectivity index (χ4n) is 2.82. The Hall–Kier alpha value is -0.920. The Morgan fingerprint density at radius 3 is 1.25 bits per heavy atom. The molecule has 4 aromatic rings. The van der Waals surface area contributed by atoms with Gasteiger partial charge in [0.05, 0.1) is 0 Å². The number of hydrogen-bond donors (Lipinski definition) is 0. The van der Waals surface area contributed by atoms with Gasteiger partial charge in [-0.2, -0.15) is 0 Å². The topological polar surface area (TPSA) is 0 Å². The van der Waals surface area contributed by atoms with Crippen LogP contribution in [-0.4, -0.2) is 0 Å². The summed E-state index contributed by atoms with van der Waals surface area (Å²) in [6.45, 7) is 0. The van der Waals surface area contributed by atoms with Crippen molar-refractivity contribution in [3.05, 3.63) is 56.5 Å². The van der Waals surface area contributed by atoms with Gasteiger partial charge in [-0.15, -0.1) is 0 Å². The number of benzene rings is 4. The molecule has 0 unspecified atom stereocenters. The normalized spacial score (nSPS) is 12.0. The van der Waals surface area contributed by atoms with E-state index in [4.69, 9.17) is 46.4 Å². The van der Waals surface area contributed by atoms with Crippen LogP contribution in [0.2, 0.25) is 20.1 Å². The van der Waals surface area contributed by atoms with Gasteiger partial charge in [-0.05, 0) is 24.3 Å². The molecule has 0 bridgehead atoms. The van der Waals surface area contributed by atoms with E-state index in [1.165, 1.54) is 0 Å². The van der Waals surface area contributed by atoms with Gasteiger partial charge in [-0.1, -0.05) is 58.5 Å². The second-order valence-corrected chi connectivity index (χ2v) is 6.38. The molecule has 0 aromatic heterocycles. The lowest BCUT2D eigenvalue weighted by molar-refractivity contribution is 1.77. The smallest absolute Gasteiger partial charge is 0.0491 e. The van der Waals surface area contributed by atoms with E-state index in [2.05, 4.69) is 0 Å². The van der Waals surface area contributed by atoms with Crippen LogP contribution in [0.5, 0.6) is 0 Å². The van der Waals surface area contributed by atoms with Crippen LogP contribution in [0.4, 0.5) is 0 Å². The lowest BCUT2D eigenvalue weighted by Gasteiger charge is -2.15. The summed E-state index contributed by atoms with van der Waals surface area (Å²) in [7, 11) is 0. The SMILES string of the molecule is Clc1cc2c(Cl)ccc3c(Cl)cc4c(Cl)ccc1c4c32. The summed E-state index contributed by atoms with van der Waals surface area (Å²) in [6.07, 6.45) is 0. The first-order valence-electron chi connectivity index (χ1n) is 5.98. The van der Waals surface area contributed by atoms with Crippen LogP contribution in [0.25, 0.3) is 32.3 Å². The molecule has 0 spiro atoms. The van der Waals surface area contributed by atoms with E-state index in [0.717, 1.165) is 32.3 Å². The lowest BCUT2D eigenvalue weighted by Crippen LogP contribution is -1.87. The quantitative estimate of drug-likeness (QED) is 0.297. The highest BCUT2D eigenvalue weighted by molar-refractivity contribution is 6.48. The van der Waals surface area contributed by atoms with E-state index < -0.39 is 0 Å². The van der Waals surface area contributed by atoms with Gasteiger partial charge in [-0.3, -0.25) is 0 Å². The molecule has 0 heterocycles. The second-order valence-electron chi connectivity index (χ2n) is 4.75. The molecule has 0 fully saturated rings. The summed E-state index contributed by atoms with van der Waals surface area (Å²) in [5.41, 5.74) is 0. The number of rotatable bonds is 0. The van der Waals surface area contributed by atoms with Gasteiger partial charge in [0.2, 0.25) is 0 Å². The minimum Gasteiger partial charge on any atom is -0.0837 e. The van der Waals surface area contributed by atoms with Crippen LogP contribution < -0.4 is 0 Å². The molecule has 0 saturated heterocycles. The van der Waals surface area contributed by atoms with E-state index in [-0.39, 0.29) is 0 Å². The van der Waals surface area contributed by atoms with Gasteiger partial charge in [0, 0.05) is 52.4 Å². The Bertz CT molecular complexity index is 907. The summed E-state index contributed by atoms with van der Waals surface area (Å²) in [4.78, 5) is 0. The summed E-state index contributed by atoms with van der Waals surface area (Å²) < 4.78 is 0. The zero-order valence-electron chi connectivity index (χ0n) is 9.98. The zero-order chi connectivity index (χ0) is 14.0. The molecule has 20 heavy (non-hydrogen) atoms. The number of hydrogen-bond acceptors (Lipinski definition) is 0. The van der Waals surface area contributed by atoms with Crippen LogP contribution in [0, 0.1) is 0 Å². The van der Waals surface area contributed by atoms with E-state index in [9.17, 15) is 0 Å². The van der Waals surface area contributed by atoms with Crippen molar-refractivity contribution >= 4 is 78.7 Å². The lowest BCUT2D eigenvalue weighted by atomic mass is 9.94. The molecule has 0 aliphatic rings. The van der Waals surface area contributed by atoms with Crippen LogP contribution >= 0.6 is 46.4 Å². The van der Waals surface area contributed by atoms with E-state index in [1.807, 2.05) is 36.4 Å². The van der Waals surface area contributed by atoms with Crippen molar-refractivity contribution in [2.24, 2.45) is 0 Å². The first-order valence-corrected chi connectivity index (χ1v) is 7.49. The van der Waals surface area contributed by atoms with Crippen molar-refractivity contribution in [3.8, 4) is 0 Å². The Balaban J connectivity index is 2.50.